The normalized spacial score (nSPS) is 17.9. The number of hydrogen-bond acceptors (Lipinski definition) is 14. The zero-order valence-electron chi connectivity index (χ0n) is 43.6. The molecule has 5 atom stereocenters. The average molecular weight is 1030 g/mol. The lowest BCUT2D eigenvalue weighted by molar-refractivity contribution is -0.154. The van der Waals surface area contributed by atoms with Gasteiger partial charge in [-0.1, -0.05) is 83.4 Å². The Morgan fingerprint density at radius 3 is 1.69 bits per heavy atom. The second kappa shape index (κ2) is 28.6. The molecule has 3 aromatic rings. The van der Waals surface area contributed by atoms with Crippen LogP contribution in [0.4, 0.5) is 5.69 Å². The number of nitrogens with zero attached hydrogens (tertiary/aromatic N) is 2. The van der Waals surface area contributed by atoms with Crippen molar-refractivity contribution in [2.75, 3.05) is 71.4 Å². The van der Waals surface area contributed by atoms with Crippen LogP contribution in [0.1, 0.15) is 168 Å². The van der Waals surface area contributed by atoms with E-state index in [0.29, 0.717) is 99.6 Å². The fourth-order valence-corrected chi connectivity index (χ4v) is 10.4. The molecule has 0 radical (unpaired) electrons. The first kappa shape index (κ1) is 55.7. The van der Waals surface area contributed by atoms with E-state index in [1.807, 2.05) is 30.3 Å². The summed E-state index contributed by atoms with van der Waals surface area (Å²) in [5.41, 5.74) is 9.42. The van der Waals surface area contributed by atoms with E-state index in [2.05, 4.69) is 34.3 Å². The number of benzene rings is 3. The van der Waals surface area contributed by atoms with E-state index in [9.17, 15) is 29.1 Å². The van der Waals surface area contributed by atoms with Gasteiger partial charge in [-0.3, -0.25) is 19.2 Å². The summed E-state index contributed by atoms with van der Waals surface area (Å²) in [4.78, 5) is 71.1. The summed E-state index contributed by atoms with van der Waals surface area (Å²) in [7, 11) is 0. The number of esters is 2. The molecule has 17 nitrogen and oxygen atoms in total. The second-order valence-corrected chi connectivity index (χ2v) is 20.2. The summed E-state index contributed by atoms with van der Waals surface area (Å²) in [5, 5.41) is 15.8. The Hall–Kier alpha value is -6.07. The van der Waals surface area contributed by atoms with Gasteiger partial charge >= 0.3 is 17.9 Å². The number of carboxylic acids is 1. The first-order chi connectivity index (χ1) is 36.0. The molecular formula is C57H79N5O12. The largest absolute Gasteiger partial charge is 0.486 e. The Morgan fingerprint density at radius 1 is 0.622 bits per heavy atom. The number of amides is 2. The molecule has 2 amide bonds. The quantitative estimate of drug-likeness (QED) is 0.0291. The summed E-state index contributed by atoms with van der Waals surface area (Å²) in [6.07, 6.45) is 10.9. The third-order valence-corrected chi connectivity index (χ3v) is 14.4. The second-order valence-electron chi connectivity index (χ2n) is 20.2. The molecule has 17 heteroatoms. The number of aliphatic carboxylic acids is 1. The SMILES string of the molecule is CCCCCCCC(=O)N[C@H](CN1CCC(c2ccc(C(=O)O[C@H](c3ccc4c(c3)OCCO4)[C@@H](CN3CCCC3)NC(=O)CCCCCCC)c(N)c2)C1)[C@H](OC(=O)CCC(=O)O)c1ccc2c(c1)OCCO2. The molecule has 0 spiro atoms. The first-order valence-electron chi connectivity index (χ1n) is 27.3. The zero-order valence-corrected chi connectivity index (χ0v) is 43.6. The van der Waals surface area contributed by atoms with Crippen molar-refractivity contribution < 1.29 is 57.5 Å². The van der Waals surface area contributed by atoms with E-state index in [1.165, 1.54) is 0 Å². The van der Waals surface area contributed by atoms with Gasteiger partial charge in [0.2, 0.25) is 11.8 Å². The number of nitrogen functional groups attached to an aromatic ring is 1. The van der Waals surface area contributed by atoms with Crippen molar-refractivity contribution in [3.05, 3.63) is 76.9 Å². The summed E-state index contributed by atoms with van der Waals surface area (Å²) in [6.45, 7) is 9.68. The number of unbranched alkanes of at least 4 members (excludes halogenated alkanes) is 8. The number of hydrogen-bond donors (Lipinski definition) is 4. The molecule has 0 aromatic heterocycles. The van der Waals surface area contributed by atoms with Gasteiger partial charge in [-0.15, -0.1) is 0 Å². The first-order valence-corrected chi connectivity index (χ1v) is 27.3. The number of carbonyl (C=O) groups is 5. The minimum atomic E-state index is -1.12. The van der Waals surface area contributed by atoms with Crippen molar-refractivity contribution in [1.29, 1.82) is 0 Å². The van der Waals surface area contributed by atoms with Gasteiger partial charge in [0.05, 0.1) is 30.5 Å². The molecule has 0 saturated carbocycles. The van der Waals surface area contributed by atoms with Crippen LogP contribution in [0.15, 0.2) is 54.6 Å². The molecule has 4 heterocycles. The maximum Gasteiger partial charge on any atom is 0.340 e. The molecule has 2 fully saturated rings. The van der Waals surface area contributed by atoms with E-state index in [-0.39, 0.29) is 35.4 Å². The highest BCUT2D eigenvalue weighted by Gasteiger charge is 2.36. The van der Waals surface area contributed by atoms with E-state index < -0.39 is 48.6 Å². The molecule has 404 valence electrons. The van der Waals surface area contributed by atoms with Gasteiger partial charge in [0.15, 0.2) is 23.0 Å². The lowest BCUT2D eigenvalue weighted by Gasteiger charge is -2.32. The standard InChI is InChI=1S/C57H79N5O12/c1-3-5-7-9-11-15-51(63)59-45(37-61-26-13-14-27-61)56(41-19-22-48-50(35-41)72-32-30-70-48)74-57(68)43-20-17-39(33-44(43)58)42-25-28-62(36-42)38-46(60-52(64)16-12-10-8-6-4-2)55(73-54(67)24-23-53(65)66)40-18-21-47-49(34-40)71-31-29-69-47/h17-22,33-35,42,45-46,55-56H,3-16,23-32,36-38,58H2,1-2H3,(H,59,63)(H,60,64)(H,65,66)/t42?,45-,46-,55-,56-/m1/s1. The molecule has 2 saturated heterocycles. The van der Waals surface area contributed by atoms with Crippen molar-refractivity contribution in [3.63, 3.8) is 0 Å². The van der Waals surface area contributed by atoms with Crippen LogP contribution >= 0.6 is 0 Å². The van der Waals surface area contributed by atoms with Gasteiger partial charge in [-0.2, -0.15) is 0 Å². The summed E-state index contributed by atoms with van der Waals surface area (Å²) < 4.78 is 36.1. The lowest BCUT2D eigenvalue weighted by Crippen LogP contribution is -2.48. The van der Waals surface area contributed by atoms with Crippen LogP contribution in [0.25, 0.3) is 0 Å². The fraction of sp³-hybridized carbons (Fsp3) is 0.596. The molecule has 74 heavy (non-hydrogen) atoms. The van der Waals surface area contributed by atoms with E-state index >= 15 is 0 Å². The van der Waals surface area contributed by atoms with Gasteiger partial charge < -0.3 is 59.7 Å². The number of fused-ring (bicyclic) bond motifs is 2. The molecular weight excluding hydrogens is 947 g/mol. The van der Waals surface area contributed by atoms with Crippen LogP contribution in [-0.4, -0.2) is 122 Å². The van der Waals surface area contributed by atoms with E-state index in [4.69, 9.17) is 34.2 Å². The van der Waals surface area contributed by atoms with E-state index in [0.717, 1.165) is 102 Å². The lowest BCUT2D eigenvalue weighted by atomic mass is 9.96. The molecule has 0 aliphatic carbocycles. The zero-order chi connectivity index (χ0) is 52.2. The number of nitrogens with one attached hydrogen (secondary N) is 2. The Labute approximate surface area is 436 Å². The highest BCUT2D eigenvalue weighted by atomic mass is 16.6. The molecule has 5 N–H and O–H groups in total. The van der Waals surface area contributed by atoms with Gasteiger partial charge in [-0.25, -0.2) is 4.79 Å². The molecule has 3 aromatic carbocycles. The van der Waals surface area contributed by atoms with Crippen molar-refractivity contribution in [1.82, 2.24) is 20.4 Å². The molecule has 1 unspecified atom stereocenters. The van der Waals surface area contributed by atoms with Gasteiger partial charge in [0.1, 0.15) is 38.6 Å². The van der Waals surface area contributed by atoms with Crippen LogP contribution in [-0.2, 0) is 28.7 Å². The predicted molar refractivity (Wildman–Crippen MR) is 280 cm³/mol. The smallest absolute Gasteiger partial charge is 0.340 e. The number of carbonyl (C=O) groups excluding carboxylic acids is 4. The predicted octanol–water partition coefficient (Wildman–Crippen LogP) is 8.43. The summed E-state index contributed by atoms with van der Waals surface area (Å²) in [5.74, 6) is -0.475. The minimum Gasteiger partial charge on any atom is -0.486 e. The van der Waals surface area contributed by atoms with Gasteiger partial charge in [0.25, 0.3) is 0 Å². The Balaban J connectivity index is 1.09. The van der Waals surface area contributed by atoms with Gasteiger partial charge in [0, 0.05) is 38.2 Å². The molecule has 4 aliphatic heterocycles. The van der Waals surface area contributed by atoms with Crippen molar-refractivity contribution in [2.45, 2.75) is 153 Å². The maximum absolute atomic E-state index is 14.4. The van der Waals surface area contributed by atoms with Crippen molar-refractivity contribution in [3.8, 4) is 23.0 Å². The van der Waals surface area contributed by atoms with Crippen molar-refractivity contribution in [2.24, 2.45) is 0 Å². The van der Waals surface area contributed by atoms with Crippen molar-refractivity contribution >= 4 is 35.4 Å². The molecule has 4 aliphatic rings. The van der Waals surface area contributed by atoms with Crippen LogP contribution < -0.4 is 35.3 Å². The molecule has 7 rings (SSSR count). The number of nitrogens with two attached hydrogens (primary N) is 1. The number of anilines is 1. The number of likely N-dealkylation sites (tertiary alicyclic amines) is 2. The monoisotopic (exact) mass is 1030 g/mol. The average Bonchev–Trinajstić information content (AvgIpc) is 4.11. The third-order valence-electron chi connectivity index (χ3n) is 14.4. The Bertz CT molecular complexity index is 2340. The number of rotatable bonds is 29. The Kier molecular flexibility index (Phi) is 21.5. The maximum atomic E-state index is 14.4. The summed E-state index contributed by atoms with van der Waals surface area (Å²) >= 11 is 0. The highest BCUT2D eigenvalue weighted by Crippen LogP contribution is 2.38. The highest BCUT2D eigenvalue weighted by molar-refractivity contribution is 5.95. The minimum absolute atomic E-state index is 0.00985. The van der Waals surface area contributed by atoms with Crippen LogP contribution in [0, 0.1) is 0 Å². The number of ether oxygens (including phenoxy) is 6. The van der Waals surface area contributed by atoms with Crippen LogP contribution in [0.2, 0.25) is 0 Å². The topological polar surface area (TPSA) is 218 Å². The van der Waals surface area contributed by atoms with Crippen LogP contribution in [0.5, 0.6) is 23.0 Å². The van der Waals surface area contributed by atoms with Gasteiger partial charge in [-0.05, 0) is 111 Å². The Morgan fingerprint density at radius 2 is 1.15 bits per heavy atom. The van der Waals surface area contributed by atoms with E-state index in [1.54, 1.807) is 24.3 Å². The summed E-state index contributed by atoms with van der Waals surface area (Å²) in [6, 6.07) is 15.0. The fourth-order valence-electron chi connectivity index (χ4n) is 10.4. The van der Waals surface area contributed by atoms with Crippen LogP contribution in [0.3, 0.4) is 0 Å². The number of carboxylic acid groups (broad SMARTS) is 1. The third kappa shape index (κ3) is 16.5. The molecule has 0 bridgehead atoms.